The van der Waals surface area contributed by atoms with Crippen molar-refractivity contribution in [3.63, 3.8) is 0 Å². The van der Waals surface area contributed by atoms with Crippen LogP contribution in [0.2, 0.25) is 0 Å². The van der Waals surface area contributed by atoms with E-state index >= 15 is 0 Å². The Morgan fingerprint density at radius 2 is 1.93 bits per heavy atom. The van der Waals surface area contributed by atoms with Crippen molar-refractivity contribution in [2.45, 2.75) is 19.6 Å². The zero-order chi connectivity index (χ0) is 10.2. The molecule has 0 aliphatic carbocycles. The van der Waals surface area contributed by atoms with Crippen LogP contribution in [0.25, 0.3) is 0 Å². The van der Waals surface area contributed by atoms with Gasteiger partial charge in [-0.25, -0.2) is 0 Å². The van der Waals surface area contributed by atoms with E-state index in [1.54, 1.807) is 0 Å². The molecule has 0 atom stereocenters. The Morgan fingerprint density at radius 1 is 1.29 bits per heavy atom. The van der Waals surface area contributed by atoms with E-state index < -0.39 is 5.79 Å². The number of benzene rings is 1. The van der Waals surface area contributed by atoms with Crippen molar-refractivity contribution in [2.75, 3.05) is 18.9 Å². The van der Waals surface area contributed by atoms with Crippen LogP contribution in [0, 0.1) is 6.92 Å². The molecule has 0 amide bonds. The van der Waals surface area contributed by atoms with Crippen LogP contribution in [0.5, 0.6) is 0 Å². The smallest absolute Gasteiger partial charge is 0.192 e. The fraction of sp³-hybridized carbons (Fsp3) is 0.455. The quantitative estimate of drug-likeness (QED) is 0.692. The Labute approximate surface area is 83.8 Å². The molecule has 1 fully saturated rings. The molecule has 1 aromatic carbocycles. The fourth-order valence-electron chi connectivity index (χ4n) is 1.60. The predicted octanol–water partition coefficient (Wildman–Crippen LogP) is 1.80. The molecule has 0 bridgehead atoms. The normalized spacial score (nSPS) is 19.9. The van der Waals surface area contributed by atoms with Gasteiger partial charge in [-0.15, -0.1) is 0 Å². The summed E-state index contributed by atoms with van der Waals surface area (Å²) in [5.74, 6) is -0.609. The standard InChI is InChI=1S/C11H15NO2/c1-8-3-4-9(7-10(8)12)11(2)13-5-6-14-11/h3-4,7H,5-6,12H2,1-2H3. The molecule has 0 spiro atoms. The molecule has 76 valence electrons. The lowest BCUT2D eigenvalue weighted by molar-refractivity contribution is -0.149. The van der Waals surface area contributed by atoms with Gasteiger partial charge in [-0.1, -0.05) is 12.1 Å². The predicted molar refractivity (Wildman–Crippen MR) is 54.8 cm³/mol. The van der Waals surface area contributed by atoms with Gasteiger partial charge in [0.15, 0.2) is 5.79 Å². The number of nitrogen functional groups attached to an aromatic ring is 1. The van der Waals surface area contributed by atoms with E-state index in [1.165, 1.54) is 0 Å². The Balaban J connectivity index is 2.36. The molecule has 1 aromatic rings. The van der Waals surface area contributed by atoms with Gasteiger partial charge in [0, 0.05) is 11.3 Å². The summed E-state index contributed by atoms with van der Waals surface area (Å²) in [4.78, 5) is 0. The van der Waals surface area contributed by atoms with Crippen LogP contribution < -0.4 is 5.73 Å². The van der Waals surface area contributed by atoms with Crippen LogP contribution in [0.15, 0.2) is 18.2 Å². The van der Waals surface area contributed by atoms with Gasteiger partial charge in [-0.05, 0) is 25.5 Å². The van der Waals surface area contributed by atoms with Gasteiger partial charge >= 0.3 is 0 Å². The maximum Gasteiger partial charge on any atom is 0.192 e. The largest absolute Gasteiger partial charge is 0.399 e. The van der Waals surface area contributed by atoms with E-state index in [0.29, 0.717) is 13.2 Å². The molecular weight excluding hydrogens is 178 g/mol. The van der Waals surface area contributed by atoms with Gasteiger partial charge in [-0.3, -0.25) is 0 Å². The second-order valence-corrected chi connectivity index (χ2v) is 3.71. The molecule has 0 unspecified atom stereocenters. The number of aryl methyl sites for hydroxylation is 1. The highest BCUT2D eigenvalue weighted by atomic mass is 16.7. The number of anilines is 1. The first kappa shape index (κ1) is 9.49. The molecule has 3 nitrogen and oxygen atoms in total. The summed E-state index contributed by atoms with van der Waals surface area (Å²) >= 11 is 0. The van der Waals surface area contributed by atoms with E-state index in [1.807, 2.05) is 32.0 Å². The van der Waals surface area contributed by atoms with Crippen LogP contribution in [0.1, 0.15) is 18.1 Å². The molecule has 3 heteroatoms. The molecule has 14 heavy (non-hydrogen) atoms. The second kappa shape index (κ2) is 3.26. The summed E-state index contributed by atoms with van der Waals surface area (Å²) in [6.07, 6.45) is 0. The van der Waals surface area contributed by atoms with Crippen LogP contribution in [0.4, 0.5) is 5.69 Å². The minimum Gasteiger partial charge on any atom is -0.399 e. The molecule has 1 aliphatic heterocycles. The van der Waals surface area contributed by atoms with Crippen molar-refractivity contribution >= 4 is 5.69 Å². The highest BCUT2D eigenvalue weighted by Crippen LogP contribution is 2.32. The van der Waals surface area contributed by atoms with Gasteiger partial charge in [0.25, 0.3) is 0 Å². The van der Waals surface area contributed by atoms with Crippen LogP contribution in [0.3, 0.4) is 0 Å². The van der Waals surface area contributed by atoms with E-state index in [4.69, 9.17) is 15.2 Å². The average molecular weight is 193 g/mol. The van der Waals surface area contributed by atoms with Gasteiger partial charge < -0.3 is 15.2 Å². The topological polar surface area (TPSA) is 44.5 Å². The molecule has 2 rings (SSSR count). The van der Waals surface area contributed by atoms with Crippen molar-refractivity contribution in [2.24, 2.45) is 0 Å². The lowest BCUT2D eigenvalue weighted by atomic mass is 10.0. The van der Waals surface area contributed by atoms with Crippen molar-refractivity contribution < 1.29 is 9.47 Å². The summed E-state index contributed by atoms with van der Waals surface area (Å²) in [6.45, 7) is 5.19. The third kappa shape index (κ3) is 1.49. The zero-order valence-corrected chi connectivity index (χ0v) is 8.54. The number of ether oxygens (including phenoxy) is 2. The maximum atomic E-state index is 5.84. The lowest BCUT2D eigenvalue weighted by Crippen LogP contribution is -2.22. The minimum absolute atomic E-state index is 0.609. The van der Waals surface area contributed by atoms with Crippen LogP contribution in [-0.4, -0.2) is 13.2 Å². The SMILES string of the molecule is Cc1ccc(C2(C)OCCO2)cc1N. The Bertz CT molecular complexity index is 343. The molecule has 0 saturated carbocycles. The molecular formula is C11H15NO2. The summed E-state index contributed by atoms with van der Waals surface area (Å²) in [5, 5.41) is 0. The summed E-state index contributed by atoms with van der Waals surface area (Å²) in [7, 11) is 0. The molecule has 1 heterocycles. The summed E-state index contributed by atoms with van der Waals surface area (Å²) < 4.78 is 11.1. The van der Waals surface area contributed by atoms with E-state index in [-0.39, 0.29) is 0 Å². The van der Waals surface area contributed by atoms with Crippen molar-refractivity contribution in [1.82, 2.24) is 0 Å². The third-order valence-corrected chi connectivity index (χ3v) is 2.64. The Hall–Kier alpha value is -1.06. The van der Waals surface area contributed by atoms with E-state index in [2.05, 4.69) is 0 Å². The third-order valence-electron chi connectivity index (χ3n) is 2.64. The zero-order valence-electron chi connectivity index (χ0n) is 8.54. The van der Waals surface area contributed by atoms with Gasteiger partial charge in [-0.2, -0.15) is 0 Å². The number of rotatable bonds is 1. The van der Waals surface area contributed by atoms with Gasteiger partial charge in [0.2, 0.25) is 0 Å². The minimum atomic E-state index is -0.609. The highest BCUT2D eigenvalue weighted by molar-refractivity contribution is 5.49. The van der Waals surface area contributed by atoms with E-state index in [9.17, 15) is 0 Å². The Morgan fingerprint density at radius 3 is 2.50 bits per heavy atom. The molecule has 1 saturated heterocycles. The van der Waals surface area contributed by atoms with Crippen molar-refractivity contribution in [1.29, 1.82) is 0 Å². The van der Waals surface area contributed by atoms with Crippen LogP contribution in [-0.2, 0) is 15.3 Å². The monoisotopic (exact) mass is 193 g/mol. The number of hydrogen-bond acceptors (Lipinski definition) is 3. The highest BCUT2D eigenvalue weighted by Gasteiger charge is 2.33. The average Bonchev–Trinajstić information content (AvgIpc) is 2.58. The molecule has 0 aromatic heterocycles. The second-order valence-electron chi connectivity index (χ2n) is 3.71. The first-order valence-corrected chi connectivity index (χ1v) is 4.76. The first-order valence-electron chi connectivity index (χ1n) is 4.76. The lowest BCUT2D eigenvalue weighted by Gasteiger charge is -2.23. The van der Waals surface area contributed by atoms with Crippen molar-refractivity contribution in [3.8, 4) is 0 Å². The maximum absolute atomic E-state index is 5.84. The summed E-state index contributed by atoms with van der Waals surface area (Å²) in [5.41, 5.74) is 8.68. The van der Waals surface area contributed by atoms with E-state index in [0.717, 1.165) is 16.8 Å². The molecule has 1 aliphatic rings. The molecule has 0 radical (unpaired) electrons. The summed E-state index contributed by atoms with van der Waals surface area (Å²) in [6, 6.07) is 5.90. The fourth-order valence-corrected chi connectivity index (χ4v) is 1.60. The number of nitrogens with two attached hydrogens (primary N) is 1. The first-order chi connectivity index (χ1) is 6.62. The van der Waals surface area contributed by atoms with Gasteiger partial charge in [0.1, 0.15) is 0 Å². The molecule has 2 N–H and O–H groups in total. The van der Waals surface area contributed by atoms with Crippen molar-refractivity contribution in [3.05, 3.63) is 29.3 Å². The number of hydrogen-bond donors (Lipinski definition) is 1. The van der Waals surface area contributed by atoms with Crippen LogP contribution >= 0.6 is 0 Å². The Kier molecular flexibility index (Phi) is 2.21. The van der Waals surface area contributed by atoms with Gasteiger partial charge in [0.05, 0.1) is 13.2 Å².